The zero-order valence-corrected chi connectivity index (χ0v) is 63.2. The molecule has 0 radical (unpaired) electrons. The summed E-state index contributed by atoms with van der Waals surface area (Å²) in [6.45, 7) is 11.9. The Labute approximate surface area is 575 Å². The minimum absolute atomic E-state index is 0.106. The Kier molecular flexibility index (Phi) is 64.3. The largest absolute Gasteiger partial charge is 0.472 e. The van der Waals surface area contributed by atoms with Crippen molar-refractivity contribution in [3.63, 3.8) is 0 Å². The Morgan fingerprint density at radius 2 is 0.543 bits per heavy atom. The maximum absolute atomic E-state index is 13.1. The second kappa shape index (κ2) is 65.7. The number of aliphatic hydroxyl groups excluding tert-OH is 1. The van der Waals surface area contributed by atoms with Gasteiger partial charge in [-0.1, -0.05) is 331 Å². The van der Waals surface area contributed by atoms with Crippen molar-refractivity contribution in [2.75, 3.05) is 39.6 Å². The molecular weight excluding hydrogens is 1230 g/mol. The molecule has 0 aromatic heterocycles. The van der Waals surface area contributed by atoms with E-state index in [2.05, 4.69) is 48.5 Å². The van der Waals surface area contributed by atoms with Crippen molar-refractivity contribution in [2.24, 2.45) is 17.8 Å². The van der Waals surface area contributed by atoms with Crippen molar-refractivity contribution in [1.29, 1.82) is 0 Å². The van der Waals surface area contributed by atoms with Crippen LogP contribution < -0.4 is 0 Å². The third kappa shape index (κ3) is 67.3. The van der Waals surface area contributed by atoms with Crippen molar-refractivity contribution in [3.8, 4) is 0 Å². The molecule has 0 rings (SSSR count). The van der Waals surface area contributed by atoms with Gasteiger partial charge in [-0.3, -0.25) is 37.3 Å². The second-order valence-corrected chi connectivity index (χ2v) is 31.1. The first-order chi connectivity index (χ1) is 45.3. The molecule has 0 saturated carbocycles. The zero-order chi connectivity index (χ0) is 69.4. The molecule has 0 heterocycles. The van der Waals surface area contributed by atoms with E-state index >= 15 is 0 Å². The molecule has 94 heavy (non-hydrogen) atoms. The number of phosphoric ester groups is 2. The molecule has 558 valence electrons. The smallest absolute Gasteiger partial charge is 0.462 e. The first-order valence-electron chi connectivity index (χ1n) is 38.9. The molecule has 6 atom stereocenters. The molecule has 19 heteroatoms. The third-order valence-corrected chi connectivity index (χ3v) is 19.6. The standard InChI is InChI=1S/C75H146O17P2/c1-8-10-11-12-13-14-15-24-30-35-44-51-58-74(79)92-71(63-86-73(78)57-50-43-38-37-41-48-55-68(7)9-2)65-90-94(83,84)88-61-69(76)60-87-93(81,82)89-64-70(62-85-72(77)56-49-42-34-29-25-21-20-23-28-33-40-47-54-67(5)6)91-75(80)59-52-45-36-31-26-19-17-16-18-22-27-32-39-46-53-66(3)4/h66-71,76H,8-65H2,1-7H3,(H,81,82)(H,83,84)/t68?,69-,70-,71-/m1/s1. The van der Waals surface area contributed by atoms with E-state index in [4.69, 9.17) is 37.0 Å². The van der Waals surface area contributed by atoms with Gasteiger partial charge in [-0.05, 0) is 43.4 Å². The van der Waals surface area contributed by atoms with Crippen molar-refractivity contribution in [2.45, 2.75) is 401 Å². The predicted molar refractivity (Wildman–Crippen MR) is 381 cm³/mol. The van der Waals surface area contributed by atoms with Crippen LogP contribution in [0.2, 0.25) is 0 Å². The lowest BCUT2D eigenvalue weighted by atomic mass is 10.00. The lowest BCUT2D eigenvalue weighted by Crippen LogP contribution is -2.30. The van der Waals surface area contributed by atoms with Crippen molar-refractivity contribution in [1.82, 2.24) is 0 Å². The van der Waals surface area contributed by atoms with Gasteiger partial charge < -0.3 is 33.8 Å². The Morgan fingerprint density at radius 1 is 0.309 bits per heavy atom. The van der Waals surface area contributed by atoms with Gasteiger partial charge in [0.15, 0.2) is 12.2 Å². The Hall–Kier alpha value is -1.94. The topological polar surface area (TPSA) is 237 Å². The molecule has 0 bridgehead atoms. The highest BCUT2D eigenvalue weighted by Gasteiger charge is 2.30. The molecule has 3 unspecified atom stereocenters. The van der Waals surface area contributed by atoms with Crippen molar-refractivity contribution < 1.29 is 80.2 Å². The monoisotopic (exact) mass is 1380 g/mol. The summed E-state index contributed by atoms with van der Waals surface area (Å²) in [7, 11) is -9.91. The number of aliphatic hydroxyl groups is 1. The number of carbonyl (C=O) groups excluding carboxylic acids is 4. The van der Waals surface area contributed by atoms with Crippen LogP contribution in [0.3, 0.4) is 0 Å². The van der Waals surface area contributed by atoms with E-state index in [1.807, 2.05) is 0 Å². The van der Waals surface area contributed by atoms with Crippen LogP contribution in [-0.4, -0.2) is 96.7 Å². The number of carbonyl (C=O) groups is 4. The van der Waals surface area contributed by atoms with Crippen LogP contribution in [0.1, 0.15) is 382 Å². The molecule has 3 N–H and O–H groups in total. The molecule has 0 amide bonds. The van der Waals surface area contributed by atoms with Gasteiger partial charge in [0.1, 0.15) is 19.3 Å². The van der Waals surface area contributed by atoms with Crippen molar-refractivity contribution in [3.05, 3.63) is 0 Å². The zero-order valence-electron chi connectivity index (χ0n) is 61.4. The first-order valence-corrected chi connectivity index (χ1v) is 41.9. The fourth-order valence-electron chi connectivity index (χ4n) is 11.4. The van der Waals surface area contributed by atoms with Crippen LogP contribution in [0.15, 0.2) is 0 Å². The van der Waals surface area contributed by atoms with E-state index in [-0.39, 0.29) is 25.7 Å². The lowest BCUT2D eigenvalue weighted by Gasteiger charge is -2.21. The van der Waals surface area contributed by atoms with E-state index < -0.39 is 97.5 Å². The fourth-order valence-corrected chi connectivity index (χ4v) is 13.0. The normalized spacial score (nSPS) is 14.4. The molecule has 0 aliphatic carbocycles. The highest BCUT2D eigenvalue weighted by Crippen LogP contribution is 2.45. The predicted octanol–water partition coefficient (Wildman–Crippen LogP) is 21.8. The maximum atomic E-state index is 13.1. The number of unbranched alkanes of at least 4 members (excludes halogenated alkanes) is 40. The van der Waals surface area contributed by atoms with Crippen LogP contribution in [0.25, 0.3) is 0 Å². The van der Waals surface area contributed by atoms with Crippen LogP contribution in [0.4, 0.5) is 0 Å². The minimum Gasteiger partial charge on any atom is -0.462 e. The summed E-state index contributed by atoms with van der Waals surface area (Å²) >= 11 is 0. The number of ether oxygens (including phenoxy) is 4. The molecule has 0 aromatic carbocycles. The van der Waals surface area contributed by atoms with Crippen LogP contribution in [0.5, 0.6) is 0 Å². The summed E-state index contributed by atoms with van der Waals surface area (Å²) in [6.07, 6.45) is 51.3. The second-order valence-electron chi connectivity index (χ2n) is 28.2. The van der Waals surface area contributed by atoms with Gasteiger partial charge >= 0.3 is 39.5 Å². The van der Waals surface area contributed by atoms with E-state index in [9.17, 15) is 43.2 Å². The van der Waals surface area contributed by atoms with E-state index in [0.717, 1.165) is 114 Å². The van der Waals surface area contributed by atoms with Crippen LogP contribution in [-0.2, 0) is 65.4 Å². The Bertz CT molecular complexity index is 1840. The lowest BCUT2D eigenvalue weighted by molar-refractivity contribution is -0.161. The number of rotatable bonds is 73. The van der Waals surface area contributed by atoms with Gasteiger partial charge in [0.25, 0.3) is 0 Å². The number of phosphoric acid groups is 2. The number of esters is 4. The molecule has 0 spiro atoms. The maximum Gasteiger partial charge on any atom is 0.472 e. The average molecular weight is 1380 g/mol. The minimum atomic E-state index is -4.96. The molecule has 0 aliphatic rings. The van der Waals surface area contributed by atoms with Gasteiger partial charge in [0.05, 0.1) is 26.4 Å². The average Bonchev–Trinajstić information content (AvgIpc) is 1.48. The molecule has 0 aliphatic heterocycles. The summed E-state index contributed by atoms with van der Waals surface area (Å²) in [4.78, 5) is 72.8. The van der Waals surface area contributed by atoms with Gasteiger partial charge in [0, 0.05) is 25.7 Å². The number of hydrogen-bond acceptors (Lipinski definition) is 15. The SMILES string of the molecule is CCCCCCCCCCCCCCC(=O)O[C@H](COC(=O)CCCCCCCCC(C)CC)COP(=O)(O)OC[C@H](O)COP(=O)(O)OC[C@@H](COC(=O)CCCCCCCCCCCCCCC(C)C)OC(=O)CCCCCCCCCCCCCCCCC(C)C. The quantitative estimate of drug-likeness (QED) is 0.0222. The molecular formula is C75H146O17P2. The first kappa shape index (κ1) is 92.1. The highest BCUT2D eigenvalue weighted by molar-refractivity contribution is 7.47. The summed E-state index contributed by atoms with van der Waals surface area (Å²) in [6, 6.07) is 0. The van der Waals surface area contributed by atoms with Gasteiger partial charge in [-0.15, -0.1) is 0 Å². The Morgan fingerprint density at radius 3 is 0.809 bits per heavy atom. The summed E-state index contributed by atoms with van der Waals surface area (Å²) in [5.41, 5.74) is 0. The van der Waals surface area contributed by atoms with Gasteiger partial charge in [-0.25, -0.2) is 9.13 Å². The van der Waals surface area contributed by atoms with Crippen LogP contribution >= 0.6 is 15.6 Å². The number of hydrogen-bond donors (Lipinski definition) is 3. The summed E-state index contributed by atoms with van der Waals surface area (Å²) < 4.78 is 68.5. The molecule has 0 fully saturated rings. The Balaban J connectivity index is 5.25. The molecule has 0 aromatic rings. The van der Waals surface area contributed by atoms with Gasteiger partial charge in [0.2, 0.25) is 0 Å². The van der Waals surface area contributed by atoms with Crippen molar-refractivity contribution >= 4 is 39.5 Å². The van der Waals surface area contributed by atoms with E-state index in [0.29, 0.717) is 25.7 Å². The molecule has 17 nitrogen and oxygen atoms in total. The van der Waals surface area contributed by atoms with Crippen LogP contribution in [0, 0.1) is 17.8 Å². The highest BCUT2D eigenvalue weighted by atomic mass is 31.2. The summed E-state index contributed by atoms with van der Waals surface area (Å²) in [5, 5.41) is 10.6. The fraction of sp³-hybridized carbons (Fsp3) is 0.947. The third-order valence-electron chi connectivity index (χ3n) is 17.7. The molecule has 0 saturated heterocycles. The van der Waals surface area contributed by atoms with E-state index in [1.165, 1.54) is 186 Å². The summed E-state index contributed by atoms with van der Waals surface area (Å²) in [5.74, 6) is 0.189. The van der Waals surface area contributed by atoms with Gasteiger partial charge in [-0.2, -0.15) is 0 Å². The van der Waals surface area contributed by atoms with E-state index in [1.54, 1.807) is 0 Å².